The van der Waals surface area contributed by atoms with Crippen LogP contribution in [0.4, 0.5) is 0 Å². The van der Waals surface area contributed by atoms with Crippen LogP contribution in [0.25, 0.3) is 0 Å². The third-order valence-electron chi connectivity index (χ3n) is 3.73. The molecule has 3 nitrogen and oxygen atoms in total. The number of rotatable bonds is 4. The fraction of sp³-hybridized carbons (Fsp3) is 0.643. The Hall–Kier alpha value is -0.930. The number of hydrogen-bond acceptors (Lipinski definition) is 3. The molecule has 0 aliphatic heterocycles. The number of aromatic nitrogens is 1. The van der Waals surface area contributed by atoms with Crippen LogP contribution in [0, 0.1) is 0 Å². The lowest BCUT2D eigenvalue weighted by Crippen LogP contribution is -2.45. The van der Waals surface area contributed by atoms with Gasteiger partial charge in [-0.1, -0.05) is 26.3 Å². The predicted molar refractivity (Wildman–Crippen MR) is 70.9 cm³/mol. The topological polar surface area (TPSA) is 50.9 Å². The Morgan fingerprint density at radius 3 is 2.82 bits per heavy atom. The van der Waals surface area contributed by atoms with Gasteiger partial charge in [-0.05, 0) is 25.0 Å². The molecule has 2 rings (SSSR count). The van der Waals surface area contributed by atoms with Crippen molar-refractivity contribution >= 4 is 0 Å². The smallest absolute Gasteiger partial charge is 0.0472 e. The van der Waals surface area contributed by atoms with Crippen LogP contribution in [0.1, 0.15) is 38.8 Å². The summed E-state index contributed by atoms with van der Waals surface area (Å²) in [4.78, 5) is 4.44. The summed E-state index contributed by atoms with van der Waals surface area (Å²) >= 11 is 0. The molecule has 0 spiro atoms. The second kappa shape index (κ2) is 5.15. The summed E-state index contributed by atoms with van der Waals surface area (Å²) in [7, 11) is 0. The predicted octanol–water partition coefficient (Wildman–Crippen LogP) is 1.83. The molecule has 94 valence electrons. The Morgan fingerprint density at radius 1 is 1.41 bits per heavy atom. The van der Waals surface area contributed by atoms with Gasteiger partial charge in [-0.15, -0.1) is 0 Å². The van der Waals surface area contributed by atoms with Crippen molar-refractivity contribution in [3.8, 4) is 0 Å². The van der Waals surface area contributed by atoms with Gasteiger partial charge in [-0.25, -0.2) is 0 Å². The largest absolute Gasteiger partial charge is 0.326 e. The normalized spacial score (nSPS) is 25.1. The van der Waals surface area contributed by atoms with Crippen molar-refractivity contribution in [2.24, 2.45) is 5.73 Å². The van der Waals surface area contributed by atoms with Crippen LogP contribution in [-0.2, 0) is 5.41 Å². The van der Waals surface area contributed by atoms with Crippen molar-refractivity contribution in [2.45, 2.75) is 50.6 Å². The maximum Gasteiger partial charge on any atom is 0.0472 e. The van der Waals surface area contributed by atoms with Gasteiger partial charge in [0, 0.05) is 35.9 Å². The summed E-state index contributed by atoms with van der Waals surface area (Å²) in [5.41, 5.74) is 7.27. The molecule has 3 heteroatoms. The maximum absolute atomic E-state index is 6.07. The first-order chi connectivity index (χ1) is 8.09. The highest BCUT2D eigenvalue weighted by molar-refractivity contribution is 5.15. The monoisotopic (exact) mass is 233 g/mol. The molecule has 1 aromatic heterocycles. The van der Waals surface area contributed by atoms with Gasteiger partial charge in [0.15, 0.2) is 0 Å². The van der Waals surface area contributed by atoms with Gasteiger partial charge in [0.2, 0.25) is 0 Å². The highest BCUT2D eigenvalue weighted by Crippen LogP contribution is 2.22. The summed E-state index contributed by atoms with van der Waals surface area (Å²) in [6.45, 7) is 5.38. The lowest BCUT2D eigenvalue weighted by Gasteiger charge is -2.28. The van der Waals surface area contributed by atoms with E-state index in [2.05, 4.69) is 30.2 Å². The fourth-order valence-electron chi connectivity index (χ4n) is 2.48. The molecule has 1 aliphatic rings. The van der Waals surface area contributed by atoms with E-state index in [-0.39, 0.29) is 5.41 Å². The molecule has 0 radical (unpaired) electrons. The van der Waals surface area contributed by atoms with E-state index in [0.717, 1.165) is 18.7 Å². The second-order valence-electron chi connectivity index (χ2n) is 5.68. The molecule has 0 saturated heterocycles. The van der Waals surface area contributed by atoms with Crippen molar-refractivity contribution in [1.82, 2.24) is 10.3 Å². The van der Waals surface area contributed by atoms with E-state index in [1.54, 1.807) is 0 Å². The zero-order valence-corrected chi connectivity index (χ0v) is 10.8. The van der Waals surface area contributed by atoms with Gasteiger partial charge in [0.1, 0.15) is 0 Å². The standard InChI is InChI=1S/C14H23N3/c1-14(2,13-8-3-4-9-16-13)10-17-12-7-5-6-11(12)15/h3-4,8-9,11-12,17H,5-7,10,15H2,1-2H3. The molecule has 1 heterocycles. The minimum atomic E-state index is 0.0591. The Labute approximate surface area is 104 Å². The van der Waals surface area contributed by atoms with Gasteiger partial charge in [0.05, 0.1) is 0 Å². The van der Waals surface area contributed by atoms with E-state index >= 15 is 0 Å². The van der Waals surface area contributed by atoms with Crippen molar-refractivity contribution in [2.75, 3.05) is 6.54 Å². The Kier molecular flexibility index (Phi) is 3.79. The number of nitrogens with one attached hydrogen (secondary N) is 1. The Morgan fingerprint density at radius 2 is 2.24 bits per heavy atom. The molecule has 1 fully saturated rings. The summed E-state index contributed by atoms with van der Waals surface area (Å²) in [5, 5.41) is 3.61. The third-order valence-corrected chi connectivity index (χ3v) is 3.73. The van der Waals surface area contributed by atoms with Crippen LogP contribution in [0.15, 0.2) is 24.4 Å². The van der Waals surface area contributed by atoms with Crippen LogP contribution in [0.3, 0.4) is 0 Å². The van der Waals surface area contributed by atoms with E-state index < -0.39 is 0 Å². The van der Waals surface area contributed by atoms with E-state index in [0.29, 0.717) is 12.1 Å². The highest BCUT2D eigenvalue weighted by atomic mass is 15.0. The molecule has 2 atom stereocenters. The van der Waals surface area contributed by atoms with Crippen LogP contribution >= 0.6 is 0 Å². The maximum atomic E-state index is 6.07. The second-order valence-corrected chi connectivity index (χ2v) is 5.68. The Balaban J connectivity index is 1.93. The van der Waals surface area contributed by atoms with Gasteiger partial charge in [-0.2, -0.15) is 0 Å². The quantitative estimate of drug-likeness (QED) is 0.834. The van der Waals surface area contributed by atoms with Crippen molar-refractivity contribution in [3.05, 3.63) is 30.1 Å². The number of pyridine rings is 1. The minimum absolute atomic E-state index is 0.0591. The lowest BCUT2D eigenvalue weighted by molar-refractivity contribution is 0.394. The molecule has 0 bridgehead atoms. The first kappa shape index (κ1) is 12.5. The van der Waals surface area contributed by atoms with E-state index in [1.807, 2.05) is 18.3 Å². The lowest BCUT2D eigenvalue weighted by atomic mass is 9.88. The summed E-state index contributed by atoms with van der Waals surface area (Å²) in [6.07, 6.45) is 5.47. The molecule has 3 N–H and O–H groups in total. The number of nitrogens with two attached hydrogens (primary N) is 1. The zero-order valence-electron chi connectivity index (χ0n) is 10.8. The zero-order chi connectivity index (χ0) is 12.3. The molecular weight excluding hydrogens is 210 g/mol. The van der Waals surface area contributed by atoms with E-state index in [9.17, 15) is 0 Å². The van der Waals surface area contributed by atoms with Gasteiger partial charge < -0.3 is 11.1 Å². The highest BCUT2D eigenvalue weighted by Gasteiger charge is 2.27. The molecule has 1 aliphatic carbocycles. The molecule has 0 amide bonds. The molecular formula is C14H23N3. The fourth-order valence-corrected chi connectivity index (χ4v) is 2.48. The van der Waals surface area contributed by atoms with E-state index in [4.69, 9.17) is 5.73 Å². The molecule has 1 aromatic rings. The van der Waals surface area contributed by atoms with Crippen molar-refractivity contribution in [1.29, 1.82) is 0 Å². The van der Waals surface area contributed by atoms with Gasteiger partial charge in [-0.3, -0.25) is 4.98 Å². The molecule has 0 aromatic carbocycles. The summed E-state index contributed by atoms with van der Waals surface area (Å²) < 4.78 is 0. The summed E-state index contributed by atoms with van der Waals surface area (Å²) in [5.74, 6) is 0. The van der Waals surface area contributed by atoms with E-state index in [1.165, 1.54) is 12.8 Å². The van der Waals surface area contributed by atoms with Gasteiger partial charge >= 0.3 is 0 Å². The first-order valence-electron chi connectivity index (χ1n) is 6.50. The van der Waals surface area contributed by atoms with Gasteiger partial charge in [0.25, 0.3) is 0 Å². The average Bonchev–Trinajstić information content (AvgIpc) is 2.74. The van der Waals surface area contributed by atoms with Crippen LogP contribution in [-0.4, -0.2) is 23.6 Å². The Bertz CT molecular complexity index is 348. The SMILES string of the molecule is CC(C)(CNC1CCCC1N)c1ccccn1. The average molecular weight is 233 g/mol. The van der Waals surface area contributed by atoms with Crippen LogP contribution in [0.2, 0.25) is 0 Å². The first-order valence-corrected chi connectivity index (χ1v) is 6.50. The third kappa shape index (κ3) is 3.05. The number of nitrogens with zero attached hydrogens (tertiary/aromatic N) is 1. The number of hydrogen-bond donors (Lipinski definition) is 2. The van der Waals surface area contributed by atoms with Crippen molar-refractivity contribution < 1.29 is 0 Å². The molecule has 1 saturated carbocycles. The minimum Gasteiger partial charge on any atom is -0.326 e. The molecule has 2 unspecified atom stereocenters. The van der Waals surface area contributed by atoms with Crippen molar-refractivity contribution in [3.63, 3.8) is 0 Å². The van der Waals surface area contributed by atoms with Crippen LogP contribution < -0.4 is 11.1 Å². The summed E-state index contributed by atoms with van der Waals surface area (Å²) in [6, 6.07) is 6.91. The van der Waals surface area contributed by atoms with Crippen LogP contribution in [0.5, 0.6) is 0 Å². The molecule has 17 heavy (non-hydrogen) atoms.